The van der Waals surface area contributed by atoms with Crippen molar-refractivity contribution in [2.45, 2.75) is 39.0 Å². The van der Waals surface area contributed by atoms with E-state index in [0.29, 0.717) is 27.6 Å². The molecule has 0 unspecified atom stereocenters. The van der Waals surface area contributed by atoms with E-state index in [1.165, 1.54) is 18.2 Å². The number of nitrogens with one attached hydrogen (secondary N) is 1. The first kappa shape index (κ1) is 21.4. The molecule has 0 radical (unpaired) electrons. The van der Waals surface area contributed by atoms with Gasteiger partial charge in [0.25, 0.3) is 5.69 Å². The molecule has 2 aromatic carbocycles. The summed E-state index contributed by atoms with van der Waals surface area (Å²) in [5.74, 6) is 0.467. The minimum absolute atomic E-state index is 0.0857. The average molecular weight is 415 g/mol. The zero-order valence-electron chi connectivity index (χ0n) is 16.8. The van der Waals surface area contributed by atoms with Gasteiger partial charge in [0, 0.05) is 30.7 Å². The molecule has 0 aliphatic carbocycles. The Morgan fingerprint density at radius 1 is 1.17 bits per heavy atom. The Bertz CT molecular complexity index is 953. The Morgan fingerprint density at radius 3 is 2.43 bits per heavy atom. The van der Waals surface area contributed by atoms with Crippen molar-refractivity contribution in [1.82, 2.24) is 10.5 Å². The summed E-state index contributed by atoms with van der Waals surface area (Å²) in [5, 5.41) is 47.4. The van der Waals surface area contributed by atoms with Gasteiger partial charge in [-0.1, -0.05) is 12.1 Å². The predicted molar refractivity (Wildman–Crippen MR) is 107 cm³/mol. The van der Waals surface area contributed by atoms with E-state index in [4.69, 9.17) is 4.74 Å². The maximum absolute atomic E-state index is 11.2. The van der Waals surface area contributed by atoms with E-state index < -0.39 is 6.10 Å². The highest BCUT2D eigenvalue weighted by Crippen LogP contribution is 2.24. The maximum atomic E-state index is 11.2. The molecular formula is C21H25N3O6. The smallest absolute Gasteiger partial charge is 0.258 e. The van der Waals surface area contributed by atoms with Crippen molar-refractivity contribution >= 4 is 0 Å². The standard InChI is InChI=1S/C21H25N3O6/c1-13(22-11-21(27)16-8-17(25)10-18(26)9-16)7-15-3-5-19(6-4-15)29-12-20-14(2)24(28)30-23-20/h3-6,8-10,13,21-22,25-27H,7,11-12H2,1-2H3/t13-,21-/m0/s1. The fraction of sp³-hybridized carbons (Fsp3) is 0.333. The number of ether oxygens (including phenoxy) is 1. The number of benzene rings is 2. The third kappa shape index (κ3) is 5.62. The van der Waals surface area contributed by atoms with E-state index >= 15 is 0 Å². The van der Waals surface area contributed by atoms with E-state index in [9.17, 15) is 20.5 Å². The Hall–Kier alpha value is -3.30. The normalized spacial score (nSPS) is 13.2. The Kier molecular flexibility index (Phi) is 6.76. The molecule has 160 valence electrons. The van der Waals surface area contributed by atoms with Gasteiger partial charge in [0.2, 0.25) is 0 Å². The number of phenolic OH excluding ortho intramolecular Hbond substituents is 2. The van der Waals surface area contributed by atoms with Crippen molar-refractivity contribution in [3.63, 3.8) is 0 Å². The lowest BCUT2D eigenvalue weighted by molar-refractivity contribution is -0.806. The molecule has 0 spiro atoms. The molecular weight excluding hydrogens is 390 g/mol. The average Bonchev–Trinajstić information content (AvgIpc) is 3.03. The van der Waals surface area contributed by atoms with Crippen molar-refractivity contribution in [2.24, 2.45) is 0 Å². The van der Waals surface area contributed by atoms with Crippen molar-refractivity contribution < 1.29 is 29.6 Å². The second-order valence-corrected chi connectivity index (χ2v) is 7.21. The molecule has 0 fully saturated rings. The summed E-state index contributed by atoms with van der Waals surface area (Å²) in [4.78, 5) is 0.344. The number of aliphatic hydroxyl groups excluding tert-OH is 1. The van der Waals surface area contributed by atoms with Crippen molar-refractivity contribution in [1.29, 1.82) is 0 Å². The van der Waals surface area contributed by atoms with Gasteiger partial charge < -0.3 is 30.6 Å². The highest BCUT2D eigenvalue weighted by molar-refractivity contribution is 5.37. The lowest BCUT2D eigenvalue weighted by Crippen LogP contribution is -2.32. The molecule has 1 aromatic heterocycles. The number of hydrogen-bond acceptors (Lipinski definition) is 8. The number of aromatic nitrogens is 2. The predicted octanol–water partition coefficient (Wildman–Crippen LogP) is 1.86. The van der Waals surface area contributed by atoms with Crippen LogP contribution in [0.5, 0.6) is 17.2 Å². The fourth-order valence-electron chi connectivity index (χ4n) is 2.99. The summed E-state index contributed by atoms with van der Waals surface area (Å²) in [6.07, 6.45) is -0.120. The minimum Gasteiger partial charge on any atom is -0.508 e. The van der Waals surface area contributed by atoms with Gasteiger partial charge >= 0.3 is 0 Å². The van der Waals surface area contributed by atoms with Gasteiger partial charge in [0.05, 0.1) is 6.10 Å². The largest absolute Gasteiger partial charge is 0.508 e. The Balaban J connectivity index is 1.47. The first-order valence-corrected chi connectivity index (χ1v) is 9.53. The number of hydrogen-bond donors (Lipinski definition) is 4. The summed E-state index contributed by atoms with van der Waals surface area (Å²) < 4.78 is 10.1. The van der Waals surface area contributed by atoms with E-state index in [1.54, 1.807) is 6.92 Å². The van der Waals surface area contributed by atoms with Crippen LogP contribution in [-0.2, 0) is 13.0 Å². The SMILES string of the molecule is Cc1c(COc2ccc(C[C@H](C)NC[C@H](O)c3cc(O)cc(O)c3)cc2)no[n+]1[O-]. The van der Waals surface area contributed by atoms with Gasteiger partial charge in [-0.2, -0.15) is 0 Å². The highest BCUT2D eigenvalue weighted by Gasteiger charge is 2.15. The molecule has 0 bridgehead atoms. The van der Waals surface area contributed by atoms with Crippen molar-refractivity contribution in [3.8, 4) is 17.2 Å². The third-order valence-electron chi connectivity index (χ3n) is 4.73. The number of rotatable bonds is 9. The van der Waals surface area contributed by atoms with Gasteiger partial charge in [0.15, 0.2) is 12.3 Å². The molecule has 0 aliphatic rings. The van der Waals surface area contributed by atoms with Crippen LogP contribution in [0.1, 0.15) is 35.5 Å². The first-order valence-electron chi connectivity index (χ1n) is 9.53. The van der Waals surface area contributed by atoms with Gasteiger partial charge in [0.1, 0.15) is 17.2 Å². The molecule has 1 heterocycles. The molecule has 9 nitrogen and oxygen atoms in total. The lowest BCUT2D eigenvalue weighted by Gasteiger charge is -2.18. The summed E-state index contributed by atoms with van der Waals surface area (Å²) >= 11 is 0. The second kappa shape index (κ2) is 9.47. The van der Waals surface area contributed by atoms with Crippen molar-refractivity contribution in [2.75, 3.05) is 6.54 Å². The summed E-state index contributed by atoms with van der Waals surface area (Å²) in [7, 11) is 0. The molecule has 0 aliphatic heterocycles. The van der Waals surface area contributed by atoms with Crippen LogP contribution in [0.3, 0.4) is 0 Å². The second-order valence-electron chi connectivity index (χ2n) is 7.21. The number of aromatic hydroxyl groups is 2. The van der Waals surface area contributed by atoms with Gasteiger partial charge in [-0.15, -0.1) is 0 Å². The zero-order chi connectivity index (χ0) is 21.7. The molecule has 3 aromatic rings. The number of nitrogens with zero attached hydrogens (tertiary/aromatic N) is 2. The topological polar surface area (TPSA) is 135 Å². The molecule has 0 saturated carbocycles. The van der Waals surface area contributed by atoms with Gasteiger partial charge in [-0.05, 0) is 53.6 Å². The summed E-state index contributed by atoms with van der Waals surface area (Å²) in [6, 6.07) is 11.7. The van der Waals surface area contributed by atoms with Crippen LogP contribution in [0.4, 0.5) is 0 Å². The maximum Gasteiger partial charge on any atom is 0.258 e. The van der Waals surface area contributed by atoms with E-state index in [1.807, 2.05) is 31.2 Å². The van der Waals surface area contributed by atoms with Crippen LogP contribution < -0.4 is 15.0 Å². The molecule has 30 heavy (non-hydrogen) atoms. The monoisotopic (exact) mass is 415 g/mol. The van der Waals surface area contributed by atoms with Crippen LogP contribution >= 0.6 is 0 Å². The molecule has 0 amide bonds. The highest BCUT2D eigenvalue weighted by atomic mass is 16.8. The quantitative estimate of drug-likeness (QED) is 0.389. The molecule has 4 N–H and O–H groups in total. The molecule has 9 heteroatoms. The zero-order valence-corrected chi connectivity index (χ0v) is 16.8. The van der Waals surface area contributed by atoms with Crippen LogP contribution in [0.2, 0.25) is 0 Å². The van der Waals surface area contributed by atoms with Gasteiger partial charge in [-0.3, -0.25) is 4.63 Å². The van der Waals surface area contributed by atoms with Crippen LogP contribution in [0.15, 0.2) is 47.1 Å². The van der Waals surface area contributed by atoms with Gasteiger partial charge in [-0.25, -0.2) is 0 Å². The van der Waals surface area contributed by atoms with Crippen LogP contribution in [0.25, 0.3) is 0 Å². The van der Waals surface area contributed by atoms with Crippen molar-refractivity contribution in [3.05, 3.63) is 70.2 Å². The Labute approximate surface area is 173 Å². The number of phenols is 2. The van der Waals surface area contributed by atoms with E-state index in [-0.39, 0.29) is 30.7 Å². The first-order chi connectivity index (χ1) is 14.3. The third-order valence-corrected chi connectivity index (χ3v) is 4.73. The van der Waals surface area contributed by atoms with Crippen LogP contribution in [-0.4, -0.2) is 33.1 Å². The molecule has 3 rings (SSSR count). The summed E-state index contributed by atoms with van der Waals surface area (Å²) in [6.45, 7) is 4.04. The molecule has 2 atom stereocenters. The molecule has 0 saturated heterocycles. The minimum atomic E-state index is -0.853. The number of aliphatic hydroxyl groups is 1. The summed E-state index contributed by atoms with van der Waals surface area (Å²) in [5.41, 5.74) is 2.35. The van der Waals surface area contributed by atoms with Crippen LogP contribution in [0, 0.1) is 12.1 Å². The Morgan fingerprint density at radius 2 is 1.83 bits per heavy atom. The fourth-order valence-corrected chi connectivity index (χ4v) is 2.99. The van der Waals surface area contributed by atoms with E-state index in [2.05, 4.69) is 15.1 Å². The van der Waals surface area contributed by atoms with E-state index in [0.717, 1.165) is 12.0 Å². The lowest BCUT2D eigenvalue weighted by atomic mass is 10.1.